The van der Waals surface area contributed by atoms with E-state index in [1.165, 1.54) is 11.3 Å². The Morgan fingerprint density at radius 1 is 1.41 bits per heavy atom. The molecular weight excluding hydrogens is 230 g/mol. The summed E-state index contributed by atoms with van der Waals surface area (Å²) in [4.78, 5) is 9.74. The summed E-state index contributed by atoms with van der Waals surface area (Å²) in [6, 6.07) is 4.73. The molecule has 0 saturated heterocycles. The molecule has 2 aromatic heterocycles. The fourth-order valence-electron chi connectivity index (χ4n) is 1.77. The lowest BCUT2D eigenvalue weighted by Gasteiger charge is -2.16. The number of nitrogens with zero attached hydrogens (tertiary/aromatic N) is 2. The van der Waals surface area contributed by atoms with Gasteiger partial charge in [-0.15, -0.1) is 11.3 Å². The highest BCUT2D eigenvalue weighted by Gasteiger charge is 2.10. The van der Waals surface area contributed by atoms with E-state index < -0.39 is 0 Å². The van der Waals surface area contributed by atoms with Crippen LogP contribution in [0, 0.1) is 0 Å². The van der Waals surface area contributed by atoms with Crippen LogP contribution in [-0.2, 0) is 6.54 Å². The molecule has 4 heteroatoms. The van der Waals surface area contributed by atoms with Crippen LogP contribution >= 0.6 is 11.3 Å². The number of rotatable bonds is 6. The zero-order valence-corrected chi connectivity index (χ0v) is 10.8. The third-order valence-electron chi connectivity index (χ3n) is 2.61. The molecule has 0 bridgehead atoms. The standard InChI is InChI=1S/C13H17N3S/c1-2-4-12(13-5-3-8-17-13)16-10-11-9-14-6-7-15-11/h3,5-9,12,16H,2,4,10H2,1H3. The van der Waals surface area contributed by atoms with Crippen LogP contribution in [0.5, 0.6) is 0 Å². The normalized spacial score (nSPS) is 12.5. The van der Waals surface area contributed by atoms with Gasteiger partial charge in [-0.25, -0.2) is 0 Å². The Morgan fingerprint density at radius 3 is 3.00 bits per heavy atom. The lowest BCUT2D eigenvalue weighted by Crippen LogP contribution is -2.20. The number of hydrogen-bond donors (Lipinski definition) is 1. The molecule has 1 N–H and O–H groups in total. The number of thiophene rings is 1. The van der Waals surface area contributed by atoms with Gasteiger partial charge in [0, 0.05) is 36.1 Å². The van der Waals surface area contributed by atoms with E-state index in [4.69, 9.17) is 0 Å². The summed E-state index contributed by atoms with van der Waals surface area (Å²) < 4.78 is 0. The molecule has 3 nitrogen and oxygen atoms in total. The molecule has 0 saturated carbocycles. The molecule has 0 spiro atoms. The van der Waals surface area contributed by atoms with E-state index in [0.29, 0.717) is 6.04 Å². The lowest BCUT2D eigenvalue weighted by atomic mass is 10.1. The molecule has 1 atom stereocenters. The first-order chi connectivity index (χ1) is 8.40. The second kappa shape index (κ2) is 6.47. The quantitative estimate of drug-likeness (QED) is 0.852. The summed E-state index contributed by atoms with van der Waals surface area (Å²) in [6.45, 7) is 2.99. The Hall–Kier alpha value is -1.26. The summed E-state index contributed by atoms with van der Waals surface area (Å²) in [5.74, 6) is 0. The van der Waals surface area contributed by atoms with Crippen LogP contribution in [0.15, 0.2) is 36.1 Å². The van der Waals surface area contributed by atoms with Gasteiger partial charge >= 0.3 is 0 Å². The van der Waals surface area contributed by atoms with Crippen molar-refractivity contribution in [2.24, 2.45) is 0 Å². The van der Waals surface area contributed by atoms with Crippen molar-refractivity contribution in [3.05, 3.63) is 46.7 Å². The molecule has 2 heterocycles. The van der Waals surface area contributed by atoms with Gasteiger partial charge < -0.3 is 5.32 Å². The smallest absolute Gasteiger partial charge is 0.0724 e. The number of nitrogens with one attached hydrogen (secondary N) is 1. The van der Waals surface area contributed by atoms with Crippen molar-refractivity contribution in [2.45, 2.75) is 32.4 Å². The molecule has 0 aliphatic rings. The Labute approximate surface area is 106 Å². The van der Waals surface area contributed by atoms with E-state index in [1.54, 1.807) is 12.4 Å². The first kappa shape index (κ1) is 12.2. The van der Waals surface area contributed by atoms with Crippen LogP contribution in [0.1, 0.15) is 36.4 Å². The molecule has 0 amide bonds. The maximum absolute atomic E-state index is 4.27. The molecule has 2 rings (SSSR count). The van der Waals surface area contributed by atoms with Gasteiger partial charge in [-0.05, 0) is 17.9 Å². The average molecular weight is 247 g/mol. The predicted molar refractivity (Wildman–Crippen MR) is 70.8 cm³/mol. The van der Waals surface area contributed by atoms with Crippen molar-refractivity contribution >= 4 is 11.3 Å². The van der Waals surface area contributed by atoms with Crippen molar-refractivity contribution in [1.29, 1.82) is 0 Å². The predicted octanol–water partition coefficient (Wildman–Crippen LogP) is 3.17. The minimum Gasteiger partial charge on any atom is -0.303 e. The molecular formula is C13H17N3S. The Kier molecular flexibility index (Phi) is 4.64. The molecule has 0 aliphatic heterocycles. The summed E-state index contributed by atoms with van der Waals surface area (Å²) in [7, 11) is 0. The summed E-state index contributed by atoms with van der Waals surface area (Å²) in [5, 5.41) is 5.67. The Bertz CT molecular complexity index is 413. The molecule has 2 aromatic rings. The third-order valence-corrected chi connectivity index (χ3v) is 3.60. The van der Waals surface area contributed by atoms with E-state index in [1.807, 2.05) is 17.5 Å². The molecule has 1 unspecified atom stereocenters. The van der Waals surface area contributed by atoms with Gasteiger partial charge in [0.15, 0.2) is 0 Å². The van der Waals surface area contributed by atoms with Crippen molar-refractivity contribution in [3.8, 4) is 0 Å². The highest BCUT2D eigenvalue weighted by Crippen LogP contribution is 2.23. The van der Waals surface area contributed by atoms with Gasteiger partial charge in [0.1, 0.15) is 0 Å². The highest BCUT2D eigenvalue weighted by molar-refractivity contribution is 7.10. The highest BCUT2D eigenvalue weighted by atomic mass is 32.1. The van der Waals surface area contributed by atoms with Gasteiger partial charge in [0.25, 0.3) is 0 Å². The van der Waals surface area contributed by atoms with E-state index in [9.17, 15) is 0 Å². The summed E-state index contributed by atoms with van der Waals surface area (Å²) in [5.41, 5.74) is 0.991. The van der Waals surface area contributed by atoms with E-state index in [0.717, 1.165) is 18.7 Å². The first-order valence-electron chi connectivity index (χ1n) is 5.92. The fourth-order valence-corrected chi connectivity index (χ4v) is 2.61. The van der Waals surface area contributed by atoms with Crippen LogP contribution in [0.25, 0.3) is 0 Å². The van der Waals surface area contributed by atoms with Gasteiger partial charge in [0.2, 0.25) is 0 Å². The summed E-state index contributed by atoms with van der Waals surface area (Å²) >= 11 is 1.81. The fraction of sp³-hybridized carbons (Fsp3) is 0.385. The minimum atomic E-state index is 0.432. The zero-order valence-electron chi connectivity index (χ0n) is 9.97. The minimum absolute atomic E-state index is 0.432. The zero-order chi connectivity index (χ0) is 11.9. The van der Waals surface area contributed by atoms with E-state index in [2.05, 4.69) is 39.7 Å². The van der Waals surface area contributed by atoms with Crippen molar-refractivity contribution in [3.63, 3.8) is 0 Å². The maximum atomic E-state index is 4.27. The van der Waals surface area contributed by atoms with Gasteiger partial charge in [-0.1, -0.05) is 19.4 Å². The number of hydrogen-bond acceptors (Lipinski definition) is 4. The molecule has 90 valence electrons. The maximum Gasteiger partial charge on any atom is 0.0724 e. The first-order valence-corrected chi connectivity index (χ1v) is 6.79. The lowest BCUT2D eigenvalue weighted by molar-refractivity contribution is 0.496. The molecule has 0 fully saturated rings. The van der Waals surface area contributed by atoms with Gasteiger partial charge in [-0.2, -0.15) is 0 Å². The van der Waals surface area contributed by atoms with Crippen LogP contribution in [0.3, 0.4) is 0 Å². The van der Waals surface area contributed by atoms with E-state index >= 15 is 0 Å². The van der Waals surface area contributed by atoms with Crippen molar-refractivity contribution in [2.75, 3.05) is 0 Å². The van der Waals surface area contributed by atoms with Crippen molar-refractivity contribution in [1.82, 2.24) is 15.3 Å². The molecule has 17 heavy (non-hydrogen) atoms. The van der Waals surface area contributed by atoms with E-state index in [-0.39, 0.29) is 0 Å². The van der Waals surface area contributed by atoms with Crippen molar-refractivity contribution < 1.29 is 0 Å². The Morgan fingerprint density at radius 2 is 2.35 bits per heavy atom. The molecule has 0 radical (unpaired) electrons. The second-order valence-electron chi connectivity index (χ2n) is 3.93. The van der Waals surface area contributed by atoms with Crippen LogP contribution < -0.4 is 5.32 Å². The summed E-state index contributed by atoms with van der Waals surface area (Å²) in [6.07, 6.45) is 7.57. The third kappa shape index (κ3) is 3.61. The monoisotopic (exact) mass is 247 g/mol. The number of aromatic nitrogens is 2. The second-order valence-corrected chi connectivity index (χ2v) is 4.91. The van der Waals surface area contributed by atoms with Crippen LogP contribution in [-0.4, -0.2) is 9.97 Å². The topological polar surface area (TPSA) is 37.8 Å². The average Bonchev–Trinajstić information content (AvgIpc) is 2.89. The SMILES string of the molecule is CCCC(NCc1cnccn1)c1cccs1. The molecule has 0 aromatic carbocycles. The van der Waals surface area contributed by atoms with Crippen LogP contribution in [0.2, 0.25) is 0 Å². The van der Waals surface area contributed by atoms with Crippen LogP contribution in [0.4, 0.5) is 0 Å². The largest absolute Gasteiger partial charge is 0.303 e. The van der Waals surface area contributed by atoms with Gasteiger partial charge in [0.05, 0.1) is 5.69 Å². The molecule has 0 aliphatic carbocycles. The van der Waals surface area contributed by atoms with Gasteiger partial charge in [-0.3, -0.25) is 9.97 Å². The Balaban J connectivity index is 1.95.